The largest absolute Gasteiger partial charge is 0.304 e. The summed E-state index contributed by atoms with van der Waals surface area (Å²) in [5, 5.41) is 10.7. The SMILES string of the molecule is Cn1cc(S(N)(=O)=O)c(NC(=O)c2cccc(Cl)c2F)n1. The van der Waals surface area contributed by atoms with Gasteiger partial charge in [-0.1, -0.05) is 17.7 Å². The van der Waals surface area contributed by atoms with Crippen molar-refractivity contribution < 1.29 is 17.6 Å². The van der Waals surface area contributed by atoms with Crippen molar-refractivity contribution in [2.45, 2.75) is 4.90 Å². The van der Waals surface area contributed by atoms with Crippen molar-refractivity contribution in [3.05, 3.63) is 40.8 Å². The Balaban J connectivity index is 2.39. The van der Waals surface area contributed by atoms with E-state index in [1.54, 1.807) is 0 Å². The molecular weight excluding hydrogens is 323 g/mol. The lowest BCUT2D eigenvalue weighted by Crippen LogP contribution is -2.18. The number of amides is 1. The van der Waals surface area contributed by atoms with Crippen LogP contribution >= 0.6 is 11.6 Å². The molecule has 112 valence electrons. The molecule has 0 unspecified atom stereocenters. The number of hydrogen-bond acceptors (Lipinski definition) is 4. The van der Waals surface area contributed by atoms with E-state index in [1.807, 2.05) is 0 Å². The lowest BCUT2D eigenvalue weighted by Gasteiger charge is -2.05. The third-order valence-corrected chi connectivity index (χ3v) is 3.73. The number of halogens is 2. The van der Waals surface area contributed by atoms with Crippen LogP contribution in [0.2, 0.25) is 5.02 Å². The Morgan fingerprint density at radius 2 is 2.14 bits per heavy atom. The van der Waals surface area contributed by atoms with Crippen molar-refractivity contribution in [3.63, 3.8) is 0 Å². The van der Waals surface area contributed by atoms with Crippen molar-refractivity contribution in [1.29, 1.82) is 0 Å². The van der Waals surface area contributed by atoms with Crippen LogP contribution in [0, 0.1) is 5.82 Å². The molecule has 0 atom stereocenters. The maximum absolute atomic E-state index is 13.7. The van der Waals surface area contributed by atoms with E-state index in [0.29, 0.717) is 0 Å². The lowest BCUT2D eigenvalue weighted by atomic mass is 10.2. The molecule has 10 heteroatoms. The van der Waals surface area contributed by atoms with Crippen LogP contribution < -0.4 is 10.5 Å². The maximum Gasteiger partial charge on any atom is 0.259 e. The minimum Gasteiger partial charge on any atom is -0.304 e. The molecule has 0 saturated carbocycles. The zero-order valence-corrected chi connectivity index (χ0v) is 12.2. The summed E-state index contributed by atoms with van der Waals surface area (Å²) in [5.41, 5.74) is -0.339. The van der Waals surface area contributed by atoms with Gasteiger partial charge in [0.1, 0.15) is 4.90 Å². The molecule has 1 heterocycles. The molecule has 2 rings (SSSR count). The minimum absolute atomic E-state index is 0.227. The number of nitrogens with one attached hydrogen (secondary N) is 1. The number of anilines is 1. The summed E-state index contributed by atoms with van der Waals surface area (Å²) in [4.78, 5) is 11.6. The predicted octanol–water partition coefficient (Wildman–Crippen LogP) is 1.11. The molecule has 0 spiro atoms. The molecule has 1 aromatic carbocycles. The van der Waals surface area contributed by atoms with Gasteiger partial charge in [-0.05, 0) is 12.1 Å². The number of aromatic nitrogens is 2. The highest BCUT2D eigenvalue weighted by Crippen LogP contribution is 2.21. The summed E-state index contributed by atoms with van der Waals surface area (Å²) in [6.07, 6.45) is 1.12. The number of carbonyl (C=O) groups is 1. The van der Waals surface area contributed by atoms with Gasteiger partial charge >= 0.3 is 0 Å². The molecule has 1 aromatic heterocycles. The van der Waals surface area contributed by atoms with E-state index < -0.39 is 21.7 Å². The molecule has 0 bridgehead atoms. The normalized spacial score (nSPS) is 11.4. The summed E-state index contributed by atoms with van der Waals surface area (Å²) in [7, 11) is -2.63. The molecule has 0 radical (unpaired) electrons. The second kappa shape index (κ2) is 5.43. The van der Waals surface area contributed by atoms with Gasteiger partial charge in [-0.15, -0.1) is 0 Å². The molecule has 0 saturated heterocycles. The third kappa shape index (κ3) is 3.20. The number of primary sulfonamides is 1. The zero-order chi connectivity index (χ0) is 15.8. The molecule has 0 fully saturated rings. The highest BCUT2D eigenvalue weighted by atomic mass is 35.5. The summed E-state index contributed by atoms with van der Waals surface area (Å²) in [5.74, 6) is -2.09. The van der Waals surface area contributed by atoms with E-state index >= 15 is 0 Å². The van der Waals surface area contributed by atoms with Gasteiger partial charge in [0.05, 0.1) is 10.6 Å². The zero-order valence-electron chi connectivity index (χ0n) is 10.7. The second-order valence-electron chi connectivity index (χ2n) is 4.12. The molecule has 0 aliphatic carbocycles. The standard InChI is InChI=1S/C11H10ClFN4O3S/c1-17-5-8(21(14,19)20)10(16-17)15-11(18)6-3-2-4-7(12)9(6)13/h2-5H,1H3,(H2,14,19,20)(H,15,16,18). The summed E-state index contributed by atoms with van der Waals surface area (Å²) in [6, 6.07) is 3.87. The summed E-state index contributed by atoms with van der Waals surface area (Å²) in [6.45, 7) is 0. The molecule has 21 heavy (non-hydrogen) atoms. The van der Waals surface area contributed by atoms with Crippen molar-refractivity contribution in [2.24, 2.45) is 12.2 Å². The van der Waals surface area contributed by atoms with Crippen LogP contribution in [-0.2, 0) is 17.1 Å². The smallest absolute Gasteiger partial charge is 0.259 e. The number of aryl methyl sites for hydroxylation is 1. The van der Waals surface area contributed by atoms with Crippen LogP contribution in [0.15, 0.2) is 29.3 Å². The molecule has 0 aliphatic heterocycles. The average molecular weight is 333 g/mol. The summed E-state index contributed by atoms with van der Waals surface area (Å²) < 4.78 is 37.7. The highest BCUT2D eigenvalue weighted by molar-refractivity contribution is 7.89. The van der Waals surface area contributed by atoms with Crippen LogP contribution in [0.1, 0.15) is 10.4 Å². The summed E-state index contributed by atoms with van der Waals surface area (Å²) >= 11 is 5.58. The predicted molar refractivity (Wildman–Crippen MR) is 73.9 cm³/mol. The second-order valence-corrected chi connectivity index (χ2v) is 6.05. The van der Waals surface area contributed by atoms with Gasteiger partial charge in [0.2, 0.25) is 10.0 Å². The van der Waals surface area contributed by atoms with Crippen molar-refractivity contribution >= 4 is 33.3 Å². The Morgan fingerprint density at radius 1 is 1.48 bits per heavy atom. The Kier molecular flexibility index (Phi) is 3.99. The van der Waals surface area contributed by atoms with Gasteiger partial charge < -0.3 is 5.32 Å². The molecule has 0 aliphatic rings. The fourth-order valence-corrected chi connectivity index (χ4v) is 2.45. The highest BCUT2D eigenvalue weighted by Gasteiger charge is 2.22. The Hall–Kier alpha value is -1.97. The van der Waals surface area contributed by atoms with Crippen LogP contribution in [0.3, 0.4) is 0 Å². The van der Waals surface area contributed by atoms with Crippen LogP contribution in [-0.4, -0.2) is 24.1 Å². The topological polar surface area (TPSA) is 107 Å². The number of benzene rings is 1. The van der Waals surface area contributed by atoms with Crippen molar-refractivity contribution in [3.8, 4) is 0 Å². The lowest BCUT2D eigenvalue weighted by molar-refractivity contribution is 0.102. The van der Waals surface area contributed by atoms with E-state index in [1.165, 1.54) is 25.2 Å². The fourth-order valence-electron chi connectivity index (χ4n) is 1.62. The van der Waals surface area contributed by atoms with Gasteiger partial charge in [0.15, 0.2) is 11.6 Å². The average Bonchev–Trinajstić information content (AvgIpc) is 2.73. The molecular formula is C11H10ClFN4O3S. The first-order valence-corrected chi connectivity index (χ1v) is 7.44. The molecule has 7 nitrogen and oxygen atoms in total. The molecule has 2 aromatic rings. The number of carbonyl (C=O) groups excluding carboxylic acids is 1. The van der Waals surface area contributed by atoms with E-state index in [4.69, 9.17) is 16.7 Å². The Bertz CT molecular complexity index is 819. The Labute approximate surface area is 124 Å². The minimum atomic E-state index is -4.08. The maximum atomic E-state index is 13.7. The van der Waals surface area contributed by atoms with Gasteiger partial charge in [-0.25, -0.2) is 17.9 Å². The fraction of sp³-hybridized carbons (Fsp3) is 0.0909. The number of nitrogens with two attached hydrogens (primary N) is 1. The van der Waals surface area contributed by atoms with Crippen LogP contribution in [0.4, 0.5) is 10.2 Å². The molecule has 3 N–H and O–H groups in total. The van der Waals surface area contributed by atoms with Crippen LogP contribution in [0.25, 0.3) is 0 Å². The number of rotatable bonds is 3. The quantitative estimate of drug-likeness (QED) is 0.877. The van der Waals surface area contributed by atoms with E-state index in [2.05, 4.69) is 10.4 Å². The third-order valence-electron chi connectivity index (χ3n) is 2.53. The van der Waals surface area contributed by atoms with Crippen molar-refractivity contribution in [1.82, 2.24) is 9.78 Å². The Morgan fingerprint density at radius 3 is 2.76 bits per heavy atom. The van der Waals surface area contributed by atoms with Gasteiger partial charge in [0.25, 0.3) is 5.91 Å². The first-order valence-electron chi connectivity index (χ1n) is 5.52. The van der Waals surface area contributed by atoms with Gasteiger partial charge in [-0.3, -0.25) is 9.48 Å². The van der Waals surface area contributed by atoms with E-state index in [9.17, 15) is 17.6 Å². The van der Waals surface area contributed by atoms with Crippen LogP contribution in [0.5, 0.6) is 0 Å². The van der Waals surface area contributed by atoms with E-state index in [-0.39, 0.29) is 21.3 Å². The van der Waals surface area contributed by atoms with Gasteiger partial charge in [-0.2, -0.15) is 5.10 Å². The van der Waals surface area contributed by atoms with E-state index in [0.717, 1.165) is 10.9 Å². The molecule has 1 amide bonds. The number of sulfonamides is 1. The monoisotopic (exact) mass is 332 g/mol. The number of nitrogens with zero attached hydrogens (tertiary/aromatic N) is 2. The first-order chi connectivity index (χ1) is 9.70. The van der Waals surface area contributed by atoms with Gasteiger partial charge in [0, 0.05) is 13.2 Å². The van der Waals surface area contributed by atoms with Crippen molar-refractivity contribution in [2.75, 3.05) is 5.32 Å². The first kappa shape index (κ1) is 15.4. The number of hydrogen-bond donors (Lipinski definition) is 2.